The molecule has 2 aromatic carbocycles. The number of hydrogen-bond acceptors (Lipinski definition) is 5. The van der Waals surface area contributed by atoms with Crippen LogP contribution < -0.4 is 15.4 Å². The van der Waals surface area contributed by atoms with Crippen LogP contribution in [0.15, 0.2) is 54.6 Å². The van der Waals surface area contributed by atoms with E-state index in [4.69, 9.17) is 4.74 Å². The first-order valence-corrected chi connectivity index (χ1v) is 7.87. The van der Waals surface area contributed by atoms with Crippen molar-refractivity contribution in [3.8, 4) is 5.75 Å². The quantitative estimate of drug-likeness (QED) is 0.702. The number of benzene rings is 2. The molecule has 0 bridgehead atoms. The van der Waals surface area contributed by atoms with E-state index in [9.17, 15) is 4.39 Å². The van der Waals surface area contributed by atoms with Crippen LogP contribution in [0.5, 0.6) is 5.75 Å². The second-order valence-electron chi connectivity index (χ2n) is 5.56. The first-order valence-electron chi connectivity index (χ1n) is 7.87. The van der Waals surface area contributed by atoms with Gasteiger partial charge in [0.05, 0.1) is 7.11 Å². The summed E-state index contributed by atoms with van der Waals surface area (Å²) in [7, 11) is 1.64. The Bertz CT molecular complexity index is 852. The fourth-order valence-electron chi connectivity index (χ4n) is 2.35. The molecule has 0 spiro atoms. The second-order valence-corrected chi connectivity index (χ2v) is 5.56. The topological polar surface area (TPSA) is 59.1 Å². The first kappa shape index (κ1) is 16.7. The van der Waals surface area contributed by atoms with Crippen molar-refractivity contribution >= 4 is 17.5 Å². The molecule has 25 heavy (non-hydrogen) atoms. The normalized spacial score (nSPS) is 10.4. The first-order chi connectivity index (χ1) is 12.1. The molecule has 128 valence electrons. The minimum atomic E-state index is -0.310. The van der Waals surface area contributed by atoms with Crippen molar-refractivity contribution in [2.75, 3.05) is 17.7 Å². The van der Waals surface area contributed by atoms with Gasteiger partial charge in [0.2, 0.25) is 5.95 Å². The molecule has 0 saturated heterocycles. The molecule has 0 unspecified atom stereocenters. The van der Waals surface area contributed by atoms with E-state index in [0.29, 0.717) is 24.0 Å². The van der Waals surface area contributed by atoms with Gasteiger partial charge in [0.1, 0.15) is 17.4 Å². The van der Waals surface area contributed by atoms with Crippen molar-refractivity contribution < 1.29 is 9.13 Å². The van der Waals surface area contributed by atoms with Gasteiger partial charge in [-0.3, -0.25) is 0 Å². The molecule has 0 saturated carbocycles. The van der Waals surface area contributed by atoms with Crippen LogP contribution in [0.2, 0.25) is 0 Å². The van der Waals surface area contributed by atoms with Crippen LogP contribution in [0.25, 0.3) is 0 Å². The maximum atomic E-state index is 13.3. The molecule has 0 aliphatic rings. The molecule has 1 aromatic heterocycles. The van der Waals surface area contributed by atoms with Gasteiger partial charge in [-0.15, -0.1) is 0 Å². The van der Waals surface area contributed by atoms with E-state index < -0.39 is 0 Å². The van der Waals surface area contributed by atoms with Crippen LogP contribution in [0.1, 0.15) is 11.3 Å². The molecule has 0 aliphatic heterocycles. The van der Waals surface area contributed by atoms with E-state index >= 15 is 0 Å². The average Bonchev–Trinajstić information content (AvgIpc) is 2.60. The number of aryl methyl sites for hydroxylation is 1. The lowest BCUT2D eigenvalue weighted by atomic mass is 10.2. The molecule has 2 N–H and O–H groups in total. The zero-order valence-corrected chi connectivity index (χ0v) is 14.1. The molecule has 1 heterocycles. The lowest BCUT2D eigenvalue weighted by molar-refractivity contribution is 0.414. The lowest BCUT2D eigenvalue weighted by Crippen LogP contribution is -2.05. The Morgan fingerprint density at radius 1 is 1.04 bits per heavy atom. The number of rotatable bonds is 6. The van der Waals surface area contributed by atoms with Gasteiger partial charge < -0.3 is 15.4 Å². The third-order valence-electron chi connectivity index (χ3n) is 3.57. The Hall–Kier alpha value is -3.15. The lowest BCUT2D eigenvalue weighted by Gasteiger charge is -2.10. The van der Waals surface area contributed by atoms with Crippen molar-refractivity contribution in [1.29, 1.82) is 0 Å². The van der Waals surface area contributed by atoms with Crippen LogP contribution in [0.4, 0.5) is 21.8 Å². The van der Waals surface area contributed by atoms with Gasteiger partial charge in [-0.25, -0.2) is 9.37 Å². The number of anilines is 3. The standard InChI is InChI=1S/C19H19FN4O/c1-13-10-18(21-12-14-6-8-17(25-2)9-7-14)24-19(22-13)23-16-5-3-4-15(20)11-16/h3-11H,12H2,1-2H3,(H2,21,22,23,24). The van der Waals surface area contributed by atoms with Gasteiger partial charge in [0, 0.05) is 24.0 Å². The van der Waals surface area contributed by atoms with Gasteiger partial charge in [-0.2, -0.15) is 4.98 Å². The highest BCUT2D eigenvalue weighted by Gasteiger charge is 2.04. The molecule has 0 fully saturated rings. The van der Waals surface area contributed by atoms with Crippen molar-refractivity contribution in [2.45, 2.75) is 13.5 Å². The molecule has 5 nitrogen and oxygen atoms in total. The summed E-state index contributed by atoms with van der Waals surface area (Å²) in [5, 5.41) is 6.29. The number of ether oxygens (including phenoxy) is 1. The Morgan fingerprint density at radius 2 is 1.84 bits per heavy atom. The van der Waals surface area contributed by atoms with Crippen molar-refractivity contribution in [1.82, 2.24) is 9.97 Å². The maximum Gasteiger partial charge on any atom is 0.229 e. The predicted octanol–water partition coefficient (Wildman–Crippen LogP) is 4.29. The van der Waals surface area contributed by atoms with E-state index in [-0.39, 0.29) is 5.82 Å². The zero-order valence-electron chi connectivity index (χ0n) is 14.1. The summed E-state index contributed by atoms with van der Waals surface area (Å²) in [6.07, 6.45) is 0. The molecule has 0 aliphatic carbocycles. The summed E-state index contributed by atoms with van der Waals surface area (Å²) in [5.74, 6) is 1.63. The summed E-state index contributed by atoms with van der Waals surface area (Å²) in [5.41, 5.74) is 2.52. The minimum absolute atomic E-state index is 0.310. The molecule has 3 rings (SSSR count). The third kappa shape index (κ3) is 4.67. The van der Waals surface area contributed by atoms with E-state index in [1.165, 1.54) is 12.1 Å². The van der Waals surface area contributed by atoms with Crippen LogP contribution in [0, 0.1) is 12.7 Å². The Labute approximate surface area is 145 Å². The SMILES string of the molecule is COc1ccc(CNc2cc(C)nc(Nc3cccc(F)c3)n2)cc1. The minimum Gasteiger partial charge on any atom is -0.497 e. The van der Waals surface area contributed by atoms with Gasteiger partial charge in [-0.1, -0.05) is 18.2 Å². The largest absolute Gasteiger partial charge is 0.497 e. The van der Waals surface area contributed by atoms with Crippen LogP contribution >= 0.6 is 0 Å². The van der Waals surface area contributed by atoms with Crippen LogP contribution in [-0.4, -0.2) is 17.1 Å². The van der Waals surface area contributed by atoms with Crippen LogP contribution in [-0.2, 0) is 6.54 Å². The Morgan fingerprint density at radius 3 is 2.56 bits per heavy atom. The van der Waals surface area contributed by atoms with Crippen molar-refractivity contribution in [2.24, 2.45) is 0 Å². The van der Waals surface area contributed by atoms with Gasteiger partial charge in [0.15, 0.2) is 0 Å². The fraction of sp³-hybridized carbons (Fsp3) is 0.158. The maximum absolute atomic E-state index is 13.3. The Balaban J connectivity index is 1.70. The molecular formula is C19H19FN4O. The zero-order chi connectivity index (χ0) is 17.6. The van der Waals surface area contributed by atoms with Gasteiger partial charge >= 0.3 is 0 Å². The van der Waals surface area contributed by atoms with Crippen molar-refractivity contribution in [3.63, 3.8) is 0 Å². The summed E-state index contributed by atoms with van der Waals surface area (Å²) < 4.78 is 18.4. The van der Waals surface area contributed by atoms with E-state index in [0.717, 1.165) is 17.0 Å². The Kier molecular flexibility index (Phi) is 5.09. The summed E-state index contributed by atoms with van der Waals surface area (Å²) >= 11 is 0. The number of methoxy groups -OCH3 is 1. The molecule has 0 atom stereocenters. The number of aromatic nitrogens is 2. The summed E-state index contributed by atoms with van der Waals surface area (Å²) in [4.78, 5) is 8.76. The van der Waals surface area contributed by atoms with E-state index in [1.54, 1.807) is 19.2 Å². The number of hydrogen-bond donors (Lipinski definition) is 2. The summed E-state index contributed by atoms with van der Waals surface area (Å²) in [6, 6.07) is 15.9. The second kappa shape index (κ2) is 7.61. The highest BCUT2D eigenvalue weighted by molar-refractivity contribution is 5.55. The van der Waals surface area contributed by atoms with E-state index in [1.807, 2.05) is 37.3 Å². The third-order valence-corrected chi connectivity index (χ3v) is 3.57. The average molecular weight is 338 g/mol. The van der Waals surface area contributed by atoms with Crippen molar-refractivity contribution in [3.05, 3.63) is 71.7 Å². The molecule has 6 heteroatoms. The highest BCUT2D eigenvalue weighted by Crippen LogP contribution is 2.18. The highest BCUT2D eigenvalue weighted by atomic mass is 19.1. The number of nitrogens with zero attached hydrogens (tertiary/aromatic N) is 2. The number of nitrogens with one attached hydrogen (secondary N) is 2. The molecule has 0 radical (unpaired) electrons. The summed E-state index contributed by atoms with van der Waals surface area (Å²) in [6.45, 7) is 2.51. The molecular weight excluding hydrogens is 319 g/mol. The predicted molar refractivity (Wildman–Crippen MR) is 96.8 cm³/mol. The van der Waals surface area contributed by atoms with Crippen LogP contribution in [0.3, 0.4) is 0 Å². The smallest absolute Gasteiger partial charge is 0.229 e. The molecule has 0 amide bonds. The van der Waals surface area contributed by atoms with Gasteiger partial charge in [-0.05, 0) is 42.8 Å². The fourth-order valence-corrected chi connectivity index (χ4v) is 2.35. The molecule has 3 aromatic rings. The van der Waals surface area contributed by atoms with E-state index in [2.05, 4.69) is 20.6 Å². The monoisotopic (exact) mass is 338 g/mol. The number of halogens is 1. The van der Waals surface area contributed by atoms with Gasteiger partial charge in [0.25, 0.3) is 0 Å².